The van der Waals surface area contributed by atoms with Gasteiger partial charge in [-0.2, -0.15) is 0 Å². The molecule has 0 heterocycles. The minimum atomic E-state index is -3.81. The summed E-state index contributed by atoms with van der Waals surface area (Å²) in [5.41, 5.74) is 1.58. The van der Waals surface area contributed by atoms with E-state index in [-0.39, 0.29) is 11.5 Å². The average molecular weight is 391 g/mol. The van der Waals surface area contributed by atoms with Gasteiger partial charge in [0.15, 0.2) is 0 Å². The molecule has 7 heteroatoms. The van der Waals surface area contributed by atoms with Crippen LogP contribution in [0.4, 0.5) is 5.69 Å². The zero-order valence-corrected chi connectivity index (χ0v) is 14.3. The predicted molar refractivity (Wildman–Crippen MR) is 87.1 cm³/mol. The normalized spacial score (nSPS) is 11.4. The quantitative estimate of drug-likeness (QED) is 0.836. The van der Waals surface area contributed by atoms with Crippen LogP contribution in [0.5, 0.6) is 0 Å². The number of hydrogen-bond donors (Lipinski definition) is 2. The first-order chi connectivity index (χ1) is 9.85. The summed E-state index contributed by atoms with van der Waals surface area (Å²) in [5, 5.41) is 9.47. The van der Waals surface area contributed by atoms with E-state index in [0.29, 0.717) is 20.7 Å². The van der Waals surface area contributed by atoms with Crippen molar-refractivity contribution in [3.8, 4) is 0 Å². The number of aryl methyl sites for hydroxylation is 1. The highest BCUT2D eigenvalue weighted by atomic mass is 79.9. The summed E-state index contributed by atoms with van der Waals surface area (Å²) in [4.78, 5) is 0.0494. The zero-order valence-electron chi connectivity index (χ0n) is 11.1. The van der Waals surface area contributed by atoms with E-state index >= 15 is 0 Å². The summed E-state index contributed by atoms with van der Waals surface area (Å²) >= 11 is 9.25. The van der Waals surface area contributed by atoms with Crippen LogP contribution in [0.15, 0.2) is 45.8 Å². The Morgan fingerprint density at radius 3 is 2.62 bits per heavy atom. The summed E-state index contributed by atoms with van der Waals surface area (Å²) in [6, 6.07) is 9.77. The second-order valence-electron chi connectivity index (χ2n) is 4.46. The van der Waals surface area contributed by atoms with E-state index in [1.807, 2.05) is 0 Å². The highest BCUT2D eigenvalue weighted by Gasteiger charge is 2.20. The largest absolute Gasteiger partial charge is 0.392 e. The predicted octanol–water partition coefficient (Wildman–Crippen LogP) is 3.70. The molecular formula is C14H13BrClNO3S. The molecule has 21 heavy (non-hydrogen) atoms. The lowest BCUT2D eigenvalue weighted by molar-refractivity contribution is 0.281. The van der Waals surface area contributed by atoms with Crippen molar-refractivity contribution in [1.82, 2.24) is 0 Å². The Morgan fingerprint density at radius 1 is 1.29 bits per heavy atom. The Kier molecular flexibility index (Phi) is 4.93. The fraction of sp³-hybridized carbons (Fsp3) is 0.143. The van der Waals surface area contributed by atoms with E-state index in [1.54, 1.807) is 37.3 Å². The third kappa shape index (κ3) is 3.58. The first-order valence-corrected chi connectivity index (χ1v) is 8.68. The maximum absolute atomic E-state index is 12.5. The van der Waals surface area contributed by atoms with Crippen LogP contribution in [0.2, 0.25) is 5.02 Å². The van der Waals surface area contributed by atoms with Gasteiger partial charge in [-0.15, -0.1) is 0 Å². The molecule has 2 aromatic rings. The maximum Gasteiger partial charge on any atom is 0.263 e. The Labute approximate surface area is 136 Å². The number of rotatable bonds is 4. The van der Waals surface area contributed by atoms with Gasteiger partial charge in [-0.05, 0) is 52.2 Å². The second-order valence-corrected chi connectivity index (χ2v) is 7.37. The van der Waals surface area contributed by atoms with Crippen molar-refractivity contribution in [2.24, 2.45) is 0 Å². The van der Waals surface area contributed by atoms with Crippen LogP contribution in [0.3, 0.4) is 0 Å². The first kappa shape index (κ1) is 16.3. The molecule has 0 bridgehead atoms. The molecule has 4 nitrogen and oxygen atoms in total. The van der Waals surface area contributed by atoms with Crippen LogP contribution in [0, 0.1) is 6.92 Å². The smallest absolute Gasteiger partial charge is 0.263 e. The van der Waals surface area contributed by atoms with E-state index in [9.17, 15) is 8.42 Å². The van der Waals surface area contributed by atoms with Gasteiger partial charge in [-0.1, -0.05) is 29.8 Å². The highest BCUT2D eigenvalue weighted by Crippen LogP contribution is 2.30. The minimum Gasteiger partial charge on any atom is -0.392 e. The highest BCUT2D eigenvalue weighted by molar-refractivity contribution is 9.10. The lowest BCUT2D eigenvalue weighted by Crippen LogP contribution is -2.15. The molecule has 2 rings (SSSR count). The molecule has 0 unspecified atom stereocenters. The first-order valence-electron chi connectivity index (χ1n) is 6.02. The third-order valence-electron chi connectivity index (χ3n) is 2.93. The number of halogens is 2. The molecule has 0 aliphatic carbocycles. The third-order valence-corrected chi connectivity index (χ3v) is 5.58. The Morgan fingerprint density at radius 2 is 2.00 bits per heavy atom. The molecule has 0 aliphatic heterocycles. The minimum absolute atomic E-state index is 0.0494. The number of sulfonamides is 1. The van der Waals surface area contributed by atoms with Gasteiger partial charge < -0.3 is 5.11 Å². The van der Waals surface area contributed by atoms with E-state index < -0.39 is 10.0 Å². The monoisotopic (exact) mass is 389 g/mol. The molecule has 0 amide bonds. The van der Waals surface area contributed by atoms with E-state index in [1.165, 1.54) is 6.07 Å². The van der Waals surface area contributed by atoms with Crippen LogP contribution in [0.1, 0.15) is 11.1 Å². The van der Waals surface area contributed by atoms with Crippen LogP contribution in [-0.2, 0) is 16.6 Å². The van der Waals surface area contributed by atoms with Gasteiger partial charge >= 0.3 is 0 Å². The van der Waals surface area contributed by atoms with Crippen molar-refractivity contribution in [3.05, 3.63) is 57.0 Å². The van der Waals surface area contributed by atoms with Crippen LogP contribution in [0.25, 0.3) is 0 Å². The molecule has 0 saturated heterocycles. The second kappa shape index (κ2) is 6.36. The molecule has 0 radical (unpaired) electrons. The zero-order chi connectivity index (χ0) is 15.6. The summed E-state index contributed by atoms with van der Waals surface area (Å²) in [7, 11) is -3.81. The van der Waals surface area contributed by atoms with E-state index in [2.05, 4.69) is 20.7 Å². The van der Waals surface area contributed by atoms with Gasteiger partial charge in [0.25, 0.3) is 10.0 Å². The molecule has 2 N–H and O–H groups in total. The SMILES string of the molecule is Cc1cccc(Cl)c1NS(=O)(=O)c1cc(CO)ccc1Br. The van der Waals surface area contributed by atoms with Gasteiger partial charge in [0.1, 0.15) is 4.90 Å². The van der Waals surface area contributed by atoms with Crippen LogP contribution < -0.4 is 4.72 Å². The Hall–Kier alpha value is -1.08. The number of aliphatic hydroxyl groups excluding tert-OH is 1. The number of aliphatic hydroxyl groups is 1. The molecule has 0 spiro atoms. The molecule has 0 atom stereocenters. The molecule has 112 valence electrons. The fourth-order valence-electron chi connectivity index (χ4n) is 1.80. The van der Waals surface area contributed by atoms with Gasteiger partial charge in [-0.25, -0.2) is 8.42 Å². The van der Waals surface area contributed by atoms with Crippen molar-refractivity contribution in [2.45, 2.75) is 18.4 Å². The molecule has 2 aromatic carbocycles. The fourth-order valence-corrected chi connectivity index (χ4v) is 4.29. The molecule has 0 saturated carbocycles. The molecule has 0 fully saturated rings. The molecular weight excluding hydrogens is 378 g/mol. The number of para-hydroxylation sites is 1. The number of anilines is 1. The number of benzene rings is 2. The topological polar surface area (TPSA) is 66.4 Å². The average Bonchev–Trinajstić information content (AvgIpc) is 2.43. The summed E-state index contributed by atoms with van der Waals surface area (Å²) in [6.45, 7) is 1.53. The van der Waals surface area contributed by atoms with E-state index in [0.717, 1.165) is 5.56 Å². The van der Waals surface area contributed by atoms with Crippen LogP contribution >= 0.6 is 27.5 Å². The number of nitrogens with one attached hydrogen (secondary N) is 1. The lowest BCUT2D eigenvalue weighted by Gasteiger charge is -2.13. The standard InChI is InChI=1S/C14H13BrClNO3S/c1-9-3-2-4-12(16)14(9)17-21(19,20)13-7-10(8-18)5-6-11(13)15/h2-7,17-18H,8H2,1H3. The van der Waals surface area contributed by atoms with E-state index in [4.69, 9.17) is 16.7 Å². The lowest BCUT2D eigenvalue weighted by atomic mass is 10.2. The molecule has 0 aromatic heterocycles. The van der Waals surface area contributed by atoms with Gasteiger partial charge in [0.2, 0.25) is 0 Å². The van der Waals surface area contributed by atoms with Crippen molar-refractivity contribution in [1.29, 1.82) is 0 Å². The van der Waals surface area contributed by atoms with Crippen LogP contribution in [-0.4, -0.2) is 13.5 Å². The Bertz CT molecular complexity index is 758. The summed E-state index contributed by atoms with van der Waals surface area (Å²) in [6.07, 6.45) is 0. The van der Waals surface area contributed by atoms with Crippen molar-refractivity contribution < 1.29 is 13.5 Å². The maximum atomic E-state index is 12.5. The van der Waals surface area contributed by atoms with Gasteiger partial charge in [0.05, 0.1) is 17.3 Å². The Balaban J connectivity index is 2.48. The van der Waals surface area contributed by atoms with Gasteiger partial charge in [0, 0.05) is 4.47 Å². The van der Waals surface area contributed by atoms with Gasteiger partial charge in [-0.3, -0.25) is 4.72 Å². The van der Waals surface area contributed by atoms with Crippen molar-refractivity contribution >= 4 is 43.2 Å². The molecule has 0 aliphatic rings. The summed E-state index contributed by atoms with van der Waals surface area (Å²) in [5.74, 6) is 0. The number of hydrogen-bond acceptors (Lipinski definition) is 3. The van der Waals surface area contributed by atoms with Crippen molar-refractivity contribution in [3.63, 3.8) is 0 Å². The van der Waals surface area contributed by atoms with Crippen molar-refractivity contribution in [2.75, 3.05) is 4.72 Å². The summed E-state index contributed by atoms with van der Waals surface area (Å²) < 4.78 is 27.9.